The van der Waals surface area contributed by atoms with Gasteiger partial charge in [0, 0.05) is 37.6 Å². The largest absolute Gasteiger partial charge is 0.368 e. The Balaban J connectivity index is 1.47. The van der Waals surface area contributed by atoms with E-state index in [1.165, 1.54) is 17.3 Å². The summed E-state index contributed by atoms with van der Waals surface area (Å²) in [7, 11) is 0. The first kappa shape index (κ1) is 22.0. The molecular weight excluding hydrogens is 425 g/mol. The number of carbonyl (C=O) groups is 1. The third-order valence-electron chi connectivity index (χ3n) is 6.66. The van der Waals surface area contributed by atoms with Crippen LogP contribution in [0.3, 0.4) is 0 Å². The molecule has 1 aromatic heterocycles. The maximum absolute atomic E-state index is 14.8. The number of carbonyl (C=O) groups excluding carboxylic acids is 1. The van der Waals surface area contributed by atoms with Gasteiger partial charge >= 0.3 is 0 Å². The predicted molar refractivity (Wildman–Crippen MR) is 135 cm³/mol. The maximum atomic E-state index is 14.8. The van der Waals surface area contributed by atoms with Gasteiger partial charge in [0.15, 0.2) is 0 Å². The summed E-state index contributed by atoms with van der Waals surface area (Å²) in [6, 6.07) is 26.8. The van der Waals surface area contributed by atoms with Gasteiger partial charge in [-0.1, -0.05) is 60.7 Å². The lowest BCUT2D eigenvalue weighted by molar-refractivity contribution is 0.0746. The lowest BCUT2D eigenvalue weighted by Gasteiger charge is -2.36. The van der Waals surface area contributed by atoms with Crippen LogP contribution in [0.2, 0.25) is 0 Å². The molecule has 4 nitrogen and oxygen atoms in total. The summed E-state index contributed by atoms with van der Waals surface area (Å²) in [5.41, 5.74) is 6.03. The minimum Gasteiger partial charge on any atom is -0.368 e. The van der Waals surface area contributed by atoms with Crippen LogP contribution in [0.1, 0.15) is 21.6 Å². The van der Waals surface area contributed by atoms with E-state index >= 15 is 0 Å². The van der Waals surface area contributed by atoms with E-state index in [4.69, 9.17) is 0 Å². The molecule has 0 bridgehead atoms. The fourth-order valence-electron chi connectivity index (χ4n) is 4.83. The molecule has 0 atom stereocenters. The minimum absolute atomic E-state index is 0.00537. The van der Waals surface area contributed by atoms with Crippen molar-refractivity contribution in [1.29, 1.82) is 0 Å². The molecule has 5 heteroatoms. The summed E-state index contributed by atoms with van der Waals surface area (Å²) < 4.78 is 16.7. The minimum atomic E-state index is -0.316. The second kappa shape index (κ2) is 9.18. The van der Waals surface area contributed by atoms with Gasteiger partial charge in [-0.15, -0.1) is 0 Å². The molecule has 1 aliphatic heterocycles. The van der Waals surface area contributed by atoms with E-state index in [0.717, 1.165) is 30.0 Å². The van der Waals surface area contributed by atoms with Crippen molar-refractivity contribution in [3.8, 4) is 16.9 Å². The number of hydrogen-bond acceptors (Lipinski definition) is 2. The monoisotopic (exact) mass is 453 g/mol. The van der Waals surface area contributed by atoms with Gasteiger partial charge in [-0.25, -0.2) is 4.39 Å². The van der Waals surface area contributed by atoms with Crippen LogP contribution in [0.15, 0.2) is 84.9 Å². The molecule has 1 aliphatic rings. The van der Waals surface area contributed by atoms with Crippen molar-refractivity contribution in [2.75, 3.05) is 31.1 Å². The topological polar surface area (TPSA) is 28.5 Å². The van der Waals surface area contributed by atoms with Crippen LogP contribution >= 0.6 is 0 Å². The van der Waals surface area contributed by atoms with Gasteiger partial charge < -0.3 is 14.4 Å². The van der Waals surface area contributed by atoms with Gasteiger partial charge in [-0.3, -0.25) is 4.79 Å². The molecule has 0 N–H and O–H groups in total. The maximum Gasteiger partial charge on any atom is 0.255 e. The number of benzene rings is 3. The van der Waals surface area contributed by atoms with E-state index in [2.05, 4.69) is 30.0 Å². The molecule has 0 saturated carbocycles. The molecule has 1 saturated heterocycles. The molecule has 1 fully saturated rings. The Kier molecular flexibility index (Phi) is 5.93. The SMILES string of the molecule is Cc1ccccc1N1CCN(C(=O)c2cc(-c3ccccc3)n(-c3ccccc3F)c2C)CC1. The molecule has 2 heterocycles. The average Bonchev–Trinajstić information content (AvgIpc) is 3.21. The fourth-order valence-corrected chi connectivity index (χ4v) is 4.83. The number of nitrogens with zero attached hydrogens (tertiary/aromatic N) is 3. The molecule has 172 valence electrons. The number of aromatic nitrogens is 1. The van der Waals surface area contributed by atoms with Crippen LogP contribution in [0.25, 0.3) is 16.9 Å². The van der Waals surface area contributed by atoms with Gasteiger partial charge in [-0.2, -0.15) is 0 Å². The molecule has 0 spiro atoms. The quantitative estimate of drug-likeness (QED) is 0.387. The molecule has 1 amide bonds. The third-order valence-corrected chi connectivity index (χ3v) is 6.66. The van der Waals surface area contributed by atoms with Crippen LogP contribution < -0.4 is 4.90 Å². The number of anilines is 1. The molecular formula is C29H28FN3O. The van der Waals surface area contributed by atoms with E-state index in [0.29, 0.717) is 24.3 Å². The summed E-state index contributed by atoms with van der Waals surface area (Å²) in [6.45, 7) is 6.89. The Morgan fingerprint density at radius 3 is 2.06 bits per heavy atom. The van der Waals surface area contributed by atoms with Crippen LogP contribution in [0.5, 0.6) is 0 Å². The van der Waals surface area contributed by atoms with Crippen LogP contribution in [0.4, 0.5) is 10.1 Å². The van der Waals surface area contributed by atoms with Gasteiger partial charge in [0.1, 0.15) is 5.82 Å². The number of para-hydroxylation sites is 2. The van der Waals surface area contributed by atoms with E-state index in [1.54, 1.807) is 12.1 Å². The van der Waals surface area contributed by atoms with Crippen molar-refractivity contribution < 1.29 is 9.18 Å². The van der Waals surface area contributed by atoms with E-state index in [-0.39, 0.29) is 11.7 Å². The van der Waals surface area contributed by atoms with E-state index < -0.39 is 0 Å². The first-order chi connectivity index (χ1) is 16.5. The Hall–Kier alpha value is -3.86. The molecule has 4 aromatic rings. The molecule has 5 rings (SSSR count). The van der Waals surface area contributed by atoms with Gasteiger partial charge in [-0.05, 0) is 49.2 Å². The summed E-state index contributed by atoms with van der Waals surface area (Å²) in [5.74, 6) is -0.321. The number of amides is 1. The van der Waals surface area contributed by atoms with Gasteiger partial charge in [0.2, 0.25) is 0 Å². The zero-order valence-electron chi connectivity index (χ0n) is 19.5. The summed E-state index contributed by atoms with van der Waals surface area (Å²) >= 11 is 0. The number of piperazine rings is 1. The van der Waals surface area contributed by atoms with E-state index in [9.17, 15) is 9.18 Å². The van der Waals surface area contributed by atoms with Crippen molar-refractivity contribution in [1.82, 2.24) is 9.47 Å². The lowest BCUT2D eigenvalue weighted by Crippen LogP contribution is -2.49. The molecule has 3 aromatic carbocycles. The van der Waals surface area contributed by atoms with Crippen LogP contribution in [0, 0.1) is 19.7 Å². The first-order valence-corrected chi connectivity index (χ1v) is 11.7. The predicted octanol–water partition coefficient (Wildman–Crippen LogP) is 5.86. The van der Waals surface area contributed by atoms with Crippen molar-refractivity contribution in [2.24, 2.45) is 0 Å². The number of halogens is 1. The molecule has 0 aliphatic carbocycles. The average molecular weight is 454 g/mol. The smallest absolute Gasteiger partial charge is 0.255 e. The number of rotatable bonds is 4. The Morgan fingerprint density at radius 2 is 1.38 bits per heavy atom. The highest BCUT2D eigenvalue weighted by molar-refractivity contribution is 5.97. The summed E-state index contributed by atoms with van der Waals surface area (Å²) in [6.07, 6.45) is 0. The van der Waals surface area contributed by atoms with Crippen LogP contribution in [-0.4, -0.2) is 41.6 Å². The highest BCUT2D eigenvalue weighted by Crippen LogP contribution is 2.31. The molecule has 0 unspecified atom stereocenters. The highest BCUT2D eigenvalue weighted by atomic mass is 19.1. The second-order valence-electron chi connectivity index (χ2n) is 8.75. The third kappa shape index (κ3) is 3.98. The fraction of sp³-hybridized carbons (Fsp3) is 0.207. The van der Waals surface area contributed by atoms with Crippen molar-refractivity contribution in [2.45, 2.75) is 13.8 Å². The highest BCUT2D eigenvalue weighted by Gasteiger charge is 2.27. The number of aryl methyl sites for hydroxylation is 1. The Bertz CT molecular complexity index is 1320. The van der Waals surface area contributed by atoms with Gasteiger partial charge in [0.25, 0.3) is 5.91 Å². The zero-order chi connectivity index (χ0) is 23.7. The van der Waals surface area contributed by atoms with Gasteiger partial charge in [0.05, 0.1) is 16.9 Å². The summed E-state index contributed by atoms with van der Waals surface area (Å²) in [5, 5.41) is 0. The Labute approximate surface area is 199 Å². The normalized spacial score (nSPS) is 13.9. The lowest BCUT2D eigenvalue weighted by atomic mass is 10.1. The van der Waals surface area contributed by atoms with Crippen molar-refractivity contribution in [3.63, 3.8) is 0 Å². The van der Waals surface area contributed by atoms with Crippen molar-refractivity contribution in [3.05, 3.63) is 108 Å². The first-order valence-electron chi connectivity index (χ1n) is 11.7. The number of hydrogen-bond donors (Lipinski definition) is 0. The molecule has 0 radical (unpaired) electrons. The van der Waals surface area contributed by atoms with E-state index in [1.807, 2.05) is 64.9 Å². The molecule has 34 heavy (non-hydrogen) atoms. The van der Waals surface area contributed by atoms with Crippen LogP contribution in [-0.2, 0) is 0 Å². The Morgan fingerprint density at radius 1 is 0.765 bits per heavy atom. The summed E-state index contributed by atoms with van der Waals surface area (Å²) in [4.78, 5) is 17.9. The van der Waals surface area contributed by atoms with Crippen molar-refractivity contribution >= 4 is 11.6 Å². The standard InChI is InChI=1S/C29H28FN3O/c1-21-10-6-8-14-26(21)31-16-18-32(19-17-31)29(34)24-20-28(23-11-4-3-5-12-23)33(22(24)2)27-15-9-7-13-25(27)30/h3-15,20H,16-19H2,1-2H3. The zero-order valence-corrected chi connectivity index (χ0v) is 19.5. The second-order valence-corrected chi connectivity index (χ2v) is 8.75.